The molecular formula is C9H12BrNO5S. The normalized spacial score (nSPS) is 18.3. The van der Waals surface area contributed by atoms with E-state index in [1.54, 1.807) is 0 Å². The maximum Gasteiger partial charge on any atom is 0.303 e. The molecule has 1 heterocycles. The van der Waals surface area contributed by atoms with Gasteiger partial charge in [0.05, 0.1) is 9.89 Å². The number of nitrogens with zero attached hydrogens (tertiary/aromatic N) is 1. The van der Waals surface area contributed by atoms with Gasteiger partial charge in [0.15, 0.2) is 0 Å². The molecule has 8 heteroatoms. The van der Waals surface area contributed by atoms with Gasteiger partial charge in [-0.3, -0.25) is 9.59 Å². The molecule has 0 unspecified atom stereocenters. The van der Waals surface area contributed by atoms with Crippen molar-refractivity contribution in [1.29, 1.82) is 0 Å². The van der Waals surface area contributed by atoms with Crippen LogP contribution in [0.2, 0.25) is 0 Å². The van der Waals surface area contributed by atoms with Gasteiger partial charge in [0, 0.05) is 13.0 Å². The number of aliphatic carboxylic acids is 1. The smallest absolute Gasteiger partial charge is 0.303 e. The Morgan fingerprint density at radius 1 is 1.35 bits per heavy atom. The third-order valence-electron chi connectivity index (χ3n) is 2.24. The molecule has 1 aliphatic heterocycles. The number of carboxylic acid groups (broad SMARTS) is 1. The molecule has 0 aromatic heterocycles. The van der Waals surface area contributed by atoms with Crippen LogP contribution in [0.15, 0.2) is 9.89 Å². The predicted octanol–water partition coefficient (Wildman–Crippen LogP) is 1.04. The van der Waals surface area contributed by atoms with Crippen molar-refractivity contribution in [3.05, 3.63) is 9.89 Å². The molecule has 0 aromatic rings. The van der Waals surface area contributed by atoms with Crippen LogP contribution >= 0.6 is 15.9 Å². The first-order valence-corrected chi connectivity index (χ1v) is 7.30. The molecule has 0 radical (unpaired) electrons. The Hall–Kier alpha value is -0.890. The molecule has 0 aliphatic carbocycles. The topological polar surface area (TPSA) is 91.8 Å². The van der Waals surface area contributed by atoms with E-state index in [-0.39, 0.29) is 17.4 Å². The van der Waals surface area contributed by atoms with Crippen molar-refractivity contribution in [3.8, 4) is 0 Å². The Balaban J connectivity index is 2.39. The lowest BCUT2D eigenvalue weighted by molar-refractivity contribution is -0.137. The van der Waals surface area contributed by atoms with E-state index in [2.05, 4.69) is 15.9 Å². The fourth-order valence-electron chi connectivity index (χ4n) is 1.42. The summed E-state index contributed by atoms with van der Waals surface area (Å²) in [6.45, 7) is 0.0897. The van der Waals surface area contributed by atoms with Crippen LogP contribution in [0.1, 0.15) is 25.7 Å². The van der Waals surface area contributed by atoms with Crippen LogP contribution in [0.4, 0.5) is 0 Å². The van der Waals surface area contributed by atoms with Crippen molar-refractivity contribution in [2.75, 3.05) is 6.54 Å². The highest BCUT2D eigenvalue weighted by Crippen LogP contribution is 2.24. The minimum Gasteiger partial charge on any atom is -0.481 e. The number of hydrogen-bond acceptors (Lipinski definition) is 4. The summed E-state index contributed by atoms with van der Waals surface area (Å²) in [6.07, 6.45) is 1.57. The van der Waals surface area contributed by atoms with Crippen molar-refractivity contribution in [2.45, 2.75) is 25.7 Å². The van der Waals surface area contributed by atoms with E-state index < -0.39 is 21.9 Å². The van der Waals surface area contributed by atoms with Gasteiger partial charge in [-0.25, -0.2) is 12.7 Å². The molecule has 0 saturated carbocycles. The van der Waals surface area contributed by atoms with Gasteiger partial charge in [-0.2, -0.15) is 0 Å². The zero-order valence-electron chi connectivity index (χ0n) is 8.93. The lowest BCUT2D eigenvalue weighted by atomic mass is 10.2. The summed E-state index contributed by atoms with van der Waals surface area (Å²) in [4.78, 5) is 21.7. The zero-order chi connectivity index (χ0) is 13.1. The van der Waals surface area contributed by atoms with Crippen LogP contribution in [-0.4, -0.2) is 36.3 Å². The maximum atomic E-state index is 11.5. The summed E-state index contributed by atoms with van der Waals surface area (Å²) in [6, 6.07) is 0. The van der Waals surface area contributed by atoms with Gasteiger partial charge in [-0.15, -0.1) is 0 Å². The van der Waals surface area contributed by atoms with E-state index in [4.69, 9.17) is 5.11 Å². The van der Waals surface area contributed by atoms with E-state index in [1.165, 1.54) is 0 Å². The largest absolute Gasteiger partial charge is 0.481 e. The highest BCUT2D eigenvalue weighted by molar-refractivity contribution is 9.12. The average Bonchev–Trinajstić information content (AvgIpc) is 2.38. The first kappa shape index (κ1) is 14.2. The Kier molecular flexibility index (Phi) is 4.70. The van der Waals surface area contributed by atoms with Crippen molar-refractivity contribution in [2.24, 2.45) is 0 Å². The quantitative estimate of drug-likeness (QED) is 0.736. The number of hydrogen-bond donors (Lipinski definition) is 1. The third-order valence-corrected chi connectivity index (χ3v) is 4.61. The van der Waals surface area contributed by atoms with Gasteiger partial charge < -0.3 is 5.11 Å². The molecule has 1 N–H and O–H groups in total. The van der Waals surface area contributed by atoms with Gasteiger partial charge >= 0.3 is 5.97 Å². The third kappa shape index (κ3) is 3.81. The number of carboxylic acids is 1. The summed E-state index contributed by atoms with van der Waals surface area (Å²) in [5, 5.41) is 9.29. The second kappa shape index (κ2) is 5.63. The summed E-state index contributed by atoms with van der Waals surface area (Å²) in [5.74, 6) is -1.44. The Morgan fingerprint density at radius 2 is 2.00 bits per heavy atom. The maximum absolute atomic E-state index is 11.5. The lowest BCUT2D eigenvalue weighted by Crippen LogP contribution is -2.31. The number of unbranched alkanes of at least 4 members (excludes halogenated alkanes) is 2. The van der Waals surface area contributed by atoms with Crippen LogP contribution in [0.25, 0.3) is 0 Å². The van der Waals surface area contributed by atoms with Gasteiger partial charge in [0.1, 0.15) is 0 Å². The van der Waals surface area contributed by atoms with Crippen LogP contribution in [0.3, 0.4) is 0 Å². The van der Waals surface area contributed by atoms with Gasteiger partial charge in [-0.1, -0.05) is 6.42 Å². The van der Waals surface area contributed by atoms with E-state index in [0.29, 0.717) is 19.3 Å². The highest BCUT2D eigenvalue weighted by Gasteiger charge is 2.34. The molecule has 1 aliphatic rings. The van der Waals surface area contributed by atoms with Crippen molar-refractivity contribution in [3.63, 3.8) is 0 Å². The number of carbonyl (C=O) groups excluding carboxylic acids is 1. The van der Waals surface area contributed by atoms with Gasteiger partial charge in [0.2, 0.25) is 0 Å². The average molecular weight is 326 g/mol. The standard InChI is InChI=1S/C9H12BrNO5S/c10-7-6-17(15,16)11(9(7)14)5-3-1-2-4-8(12)13/h6H,1-5H2,(H,12,13). The summed E-state index contributed by atoms with van der Waals surface area (Å²) < 4.78 is 23.7. The van der Waals surface area contributed by atoms with Crippen molar-refractivity contribution in [1.82, 2.24) is 4.31 Å². The second-order valence-electron chi connectivity index (χ2n) is 3.59. The minimum absolute atomic E-state index is 0.0306. The molecule has 0 bridgehead atoms. The van der Waals surface area contributed by atoms with Crippen molar-refractivity contribution >= 4 is 37.8 Å². The van der Waals surface area contributed by atoms with Crippen LogP contribution in [0, 0.1) is 0 Å². The molecule has 6 nitrogen and oxygen atoms in total. The number of amides is 1. The van der Waals surface area contributed by atoms with E-state index in [0.717, 1.165) is 9.71 Å². The number of halogens is 1. The summed E-state index contributed by atoms with van der Waals surface area (Å²) in [5.41, 5.74) is 0. The van der Waals surface area contributed by atoms with Crippen LogP contribution < -0.4 is 0 Å². The molecular weight excluding hydrogens is 314 g/mol. The first-order valence-electron chi connectivity index (χ1n) is 5.00. The van der Waals surface area contributed by atoms with E-state index in [9.17, 15) is 18.0 Å². The SMILES string of the molecule is O=C(O)CCCCCN1C(=O)C(Br)=CS1(=O)=O. The Bertz CT molecular complexity index is 456. The zero-order valence-corrected chi connectivity index (χ0v) is 11.3. The van der Waals surface area contributed by atoms with Gasteiger partial charge in [-0.05, 0) is 28.8 Å². The minimum atomic E-state index is -3.63. The van der Waals surface area contributed by atoms with Crippen molar-refractivity contribution < 1.29 is 23.1 Å². The first-order chi connectivity index (χ1) is 7.84. The molecule has 0 aromatic carbocycles. The summed E-state index contributed by atoms with van der Waals surface area (Å²) in [7, 11) is -3.63. The molecule has 17 heavy (non-hydrogen) atoms. The number of rotatable bonds is 6. The lowest BCUT2D eigenvalue weighted by Gasteiger charge is -2.14. The number of sulfonamides is 1. The number of carbonyl (C=O) groups is 2. The summed E-state index contributed by atoms with van der Waals surface area (Å²) >= 11 is 2.87. The fourth-order valence-corrected chi connectivity index (χ4v) is 3.66. The monoisotopic (exact) mass is 325 g/mol. The molecule has 1 amide bonds. The molecule has 0 fully saturated rings. The molecule has 96 valence electrons. The predicted molar refractivity (Wildman–Crippen MR) is 63.7 cm³/mol. The molecule has 0 atom stereocenters. The fraction of sp³-hybridized carbons (Fsp3) is 0.556. The molecule has 0 saturated heterocycles. The van der Waals surface area contributed by atoms with E-state index in [1.807, 2.05) is 0 Å². The van der Waals surface area contributed by atoms with Gasteiger partial charge in [0.25, 0.3) is 15.9 Å². The Morgan fingerprint density at radius 3 is 2.47 bits per heavy atom. The highest BCUT2D eigenvalue weighted by atomic mass is 79.9. The van der Waals surface area contributed by atoms with Crippen LogP contribution in [0.5, 0.6) is 0 Å². The Labute approximate surface area is 107 Å². The molecule has 0 spiro atoms. The molecule has 1 rings (SSSR count). The van der Waals surface area contributed by atoms with E-state index >= 15 is 0 Å². The second-order valence-corrected chi connectivity index (χ2v) is 6.15. The van der Waals surface area contributed by atoms with Crippen LogP contribution in [-0.2, 0) is 19.6 Å².